The second-order valence-corrected chi connectivity index (χ2v) is 5.53. The van der Waals surface area contributed by atoms with Gasteiger partial charge in [-0.25, -0.2) is 4.68 Å². The van der Waals surface area contributed by atoms with Crippen molar-refractivity contribution in [3.63, 3.8) is 0 Å². The van der Waals surface area contributed by atoms with Gasteiger partial charge in [-0.15, -0.1) is 0 Å². The van der Waals surface area contributed by atoms with E-state index >= 15 is 0 Å². The van der Waals surface area contributed by atoms with Crippen molar-refractivity contribution >= 4 is 5.91 Å². The molecule has 0 atom stereocenters. The molecule has 5 nitrogen and oxygen atoms in total. The fraction of sp³-hybridized carbons (Fsp3) is 0.158. The fourth-order valence-electron chi connectivity index (χ4n) is 2.47. The molecular formula is C19H17F2N3O2. The first-order valence-corrected chi connectivity index (χ1v) is 8.04. The summed E-state index contributed by atoms with van der Waals surface area (Å²) in [7, 11) is 0. The SMILES string of the molecule is O=C(NCCc1ccc(-n2cccn2)cc1)c1cccc(OC(F)F)c1. The molecule has 0 saturated heterocycles. The van der Waals surface area contributed by atoms with Crippen LogP contribution in [0.4, 0.5) is 8.78 Å². The van der Waals surface area contributed by atoms with Gasteiger partial charge in [-0.05, 0) is 48.4 Å². The van der Waals surface area contributed by atoms with Crippen LogP contribution in [0.15, 0.2) is 67.0 Å². The second kappa shape index (κ2) is 8.24. The van der Waals surface area contributed by atoms with Crippen LogP contribution < -0.4 is 10.1 Å². The van der Waals surface area contributed by atoms with Crippen LogP contribution in [0.3, 0.4) is 0 Å². The first kappa shape index (κ1) is 17.6. The number of amides is 1. The summed E-state index contributed by atoms with van der Waals surface area (Å²) in [4.78, 5) is 12.1. The van der Waals surface area contributed by atoms with E-state index in [1.54, 1.807) is 16.9 Å². The second-order valence-electron chi connectivity index (χ2n) is 5.53. The Morgan fingerprint density at radius 2 is 1.96 bits per heavy atom. The largest absolute Gasteiger partial charge is 0.435 e. The highest BCUT2D eigenvalue weighted by atomic mass is 19.3. The van der Waals surface area contributed by atoms with Gasteiger partial charge in [0.2, 0.25) is 0 Å². The van der Waals surface area contributed by atoms with Gasteiger partial charge in [0, 0.05) is 24.5 Å². The van der Waals surface area contributed by atoms with Crippen LogP contribution in [0.5, 0.6) is 5.75 Å². The summed E-state index contributed by atoms with van der Waals surface area (Å²) in [6.45, 7) is -2.49. The number of alkyl halides is 2. The van der Waals surface area contributed by atoms with Crippen molar-refractivity contribution in [1.29, 1.82) is 0 Å². The van der Waals surface area contributed by atoms with Gasteiger partial charge < -0.3 is 10.1 Å². The summed E-state index contributed by atoms with van der Waals surface area (Å²) in [5.41, 5.74) is 2.30. The number of rotatable bonds is 7. The highest BCUT2D eigenvalue weighted by Crippen LogP contribution is 2.16. The molecule has 134 valence electrons. The summed E-state index contributed by atoms with van der Waals surface area (Å²) in [5, 5.41) is 6.93. The zero-order chi connectivity index (χ0) is 18.4. The highest BCUT2D eigenvalue weighted by Gasteiger charge is 2.09. The molecule has 1 aromatic heterocycles. The lowest BCUT2D eigenvalue weighted by atomic mass is 10.1. The zero-order valence-corrected chi connectivity index (χ0v) is 13.8. The Labute approximate surface area is 149 Å². The molecule has 0 bridgehead atoms. The van der Waals surface area contributed by atoms with E-state index in [1.807, 2.05) is 36.5 Å². The van der Waals surface area contributed by atoms with E-state index < -0.39 is 6.61 Å². The number of hydrogen-bond acceptors (Lipinski definition) is 3. The van der Waals surface area contributed by atoms with E-state index in [0.717, 1.165) is 11.3 Å². The number of nitrogens with zero attached hydrogens (tertiary/aromatic N) is 2. The molecule has 1 N–H and O–H groups in total. The van der Waals surface area contributed by atoms with Crippen molar-refractivity contribution in [2.45, 2.75) is 13.0 Å². The molecule has 0 saturated carbocycles. The molecule has 0 aliphatic rings. The average molecular weight is 357 g/mol. The van der Waals surface area contributed by atoms with E-state index in [0.29, 0.717) is 13.0 Å². The van der Waals surface area contributed by atoms with Gasteiger partial charge in [-0.2, -0.15) is 13.9 Å². The maximum absolute atomic E-state index is 12.2. The first-order chi connectivity index (χ1) is 12.6. The third-order valence-corrected chi connectivity index (χ3v) is 3.73. The predicted molar refractivity (Wildman–Crippen MR) is 92.7 cm³/mol. The summed E-state index contributed by atoms with van der Waals surface area (Å²) < 4.78 is 30.5. The number of aromatic nitrogens is 2. The maximum Gasteiger partial charge on any atom is 0.387 e. The number of benzene rings is 2. The van der Waals surface area contributed by atoms with E-state index in [1.165, 1.54) is 18.2 Å². The molecule has 2 aromatic carbocycles. The minimum Gasteiger partial charge on any atom is -0.435 e. The van der Waals surface area contributed by atoms with Gasteiger partial charge >= 0.3 is 6.61 Å². The Kier molecular flexibility index (Phi) is 5.58. The Bertz CT molecular complexity index is 849. The van der Waals surface area contributed by atoms with Crippen LogP contribution in [0.1, 0.15) is 15.9 Å². The maximum atomic E-state index is 12.2. The van der Waals surface area contributed by atoms with Crippen molar-refractivity contribution in [2.75, 3.05) is 6.54 Å². The molecule has 0 fully saturated rings. The molecule has 0 aliphatic carbocycles. The molecule has 0 spiro atoms. The van der Waals surface area contributed by atoms with E-state index in [2.05, 4.69) is 15.2 Å². The lowest BCUT2D eigenvalue weighted by Gasteiger charge is -2.08. The summed E-state index contributed by atoms with van der Waals surface area (Å²) in [5.74, 6) is -0.375. The van der Waals surface area contributed by atoms with Gasteiger partial charge in [0.1, 0.15) is 5.75 Å². The van der Waals surface area contributed by atoms with E-state index in [9.17, 15) is 13.6 Å². The molecule has 26 heavy (non-hydrogen) atoms. The fourth-order valence-corrected chi connectivity index (χ4v) is 2.47. The van der Waals surface area contributed by atoms with Crippen molar-refractivity contribution in [3.05, 3.63) is 78.1 Å². The lowest BCUT2D eigenvalue weighted by molar-refractivity contribution is -0.0498. The van der Waals surface area contributed by atoms with Gasteiger partial charge in [0.05, 0.1) is 5.69 Å². The Balaban J connectivity index is 1.52. The summed E-state index contributed by atoms with van der Waals surface area (Å²) in [6.07, 6.45) is 4.23. The molecule has 0 unspecified atom stereocenters. The lowest BCUT2D eigenvalue weighted by Crippen LogP contribution is -2.25. The molecule has 1 amide bonds. The minimum atomic E-state index is -2.92. The monoisotopic (exact) mass is 357 g/mol. The topological polar surface area (TPSA) is 56.2 Å². The van der Waals surface area contributed by atoms with Crippen molar-refractivity contribution in [1.82, 2.24) is 15.1 Å². The third-order valence-electron chi connectivity index (χ3n) is 3.73. The number of halogens is 2. The van der Waals surface area contributed by atoms with Crippen LogP contribution in [0.2, 0.25) is 0 Å². The number of carbonyl (C=O) groups excluding carboxylic acids is 1. The quantitative estimate of drug-likeness (QED) is 0.705. The predicted octanol–water partition coefficient (Wildman–Crippen LogP) is 3.45. The third kappa shape index (κ3) is 4.66. The highest BCUT2D eigenvalue weighted by molar-refractivity contribution is 5.94. The Hall–Kier alpha value is -3.22. The average Bonchev–Trinajstić information content (AvgIpc) is 3.16. The standard InChI is InChI=1S/C19H17F2N3O2/c20-19(21)26-17-4-1-3-15(13-17)18(25)22-11-9-14-5-7-16(8-6-14)24-12-2-10-23-24/h1-8,10,12-13,19H,9,11H2,(H,22,25). The molecule has 3 aromatic rings. The Morgan fingerprint density at radius 1 is 1.15 bits per heavy atom. The zero-order valence-electron chi connectivity index (χ0n) is 13.8. The molecule has 1 heterocycles. The normalized spacial score (nSPS) is 10.7. The number of nitrogens with one attached hydrogen (secondary N) is 1. The summed E-state index contributed by atoms with van der Waals surface area (Å²) in [6, 6.07) is 15.4. The molecule has 3 rings (SSSR count). The van der Waals surface area contributed by atoms with Crippen molar-refractivity contribution < 1.29 is 18.3 Å². The minimum absolute atomic E-state index is 0.0399. The number of ether oxygens (including phenoxy) is 1. The Morgan fingerprint density at radius 3 is 2.65 bits per heavy atom. The van der Waals surface area contributed by atoms with Crippen molar-refractivity contribution in [2.24, 2.45) is 0 Å². The van der Waals surface area contributed by atoms with Crippen LogP contribution in [0.25, 0.3) is 5.69 Å². The number of hydrogen-bond donors (Lipinski definition) is 1. The van der Waals surface area contributed by atoms with Crippen LogP contribution in [-0.2, 0) is 6.42 Å². The van der Waals surface area contributed by atoms with Gasteiger partial charge in [0.15, 0.2) is 0 Å². The van der Waals surface area contributed by atoms with E-state index in [-0.39, 0.29) is 17.2 Å². The van der Waals surface area contributed by atoms with Crippen LogP contribution in [-0.4, -0.2) is 28.8 Å². The van der Waals surface area contributed by atoms with Crippen LogP contribution >= 0.6 is 0 Å². The van der Waals surface area contributed by atoms with Crippen molar-refractivity contribution in [3.8, 4) is 11.4 Å². The molecular weight excluding hydrogens is 340 g/mol. The first-order valence-electron chi connectivity index (χ1n) is 8.04. The number of carbonyl (C=O) groups is 1. The molecule has 7 heteroatoms. The molecule has 0 radical (unpaired) electrons. The van der Waals surface area contributed by atoms with Gasteiger partial charge in [0.25, 0.3) is 5.91 Å². The molecule has 0 aliphatic heterocycles. The van der Waals surface area contributed by atoms with E-state index in [4.69, 9.17) is 0 Å². The van der Waals surface area contributed by atoms with Crippen LogP contribution in [0, 0.1) is 0 Å². The van der Waals surface area contributed by atoms with Gasteiger partial charge in [-0.1, -0.05) is 18.2 Å². The summed E-state index contributed by atoms with van der Waals surface area (Å²) >= 11 is 0. The smallest absolute Gasteiger partial charge is 0.387 e. The van der Waals surface area contributed by atoms with Gasteiger partial charge in [-0.3, -0.25) is 4.79 Å².